The molecule has 0 aliphatic carbocycles. The van der Waals surface area contributed by atoms with E-state index >= 15 is 0 Å². The Hall–Kier alpha value is -1.25. The maximum Gasteiger partial charge on any atom is 0.287 e. The number of nitrogens with one attached hydrogen (secondary N) is 1. The number of hydrogen-bond donors (Lipinski definition) is 1. The summed E-state index contributed by atoms with van der Waals surface area (Å²) in [5.41, 5.74) is 1.17. The fourth-order valence-corrected chi connectivity index (χ4v) is 2.28. The number of amidine groups is 1. The molecule has 1 rings (SSSR count). The van der Waals surface area contributed by atoms with Crippen LogP contribution in [0.1, 0.15) is 47.1 Å². The normalized spacial score (nSPS) is 12.4. The molecular weight excluding hydrogens is 231 g/mol. The standard InChI is InChI=1S/C16H27BN2/c1-12(2)17(13(3)4)19-16(18-14(5)6)15-10-8-7-9-11-15/h7-14H,1-6H3,(H,18,19). The molecule has 1 aromatic carbocycles. The van der Waals surface area contributed by atoms with E-state index in [9.17, 15) is 0 Å². The van der Waals surface area contributed by atoms with E-state index in [1.54, 1.807) is 0 Å². The third-order valence-corrected chi connectivity index (χ3v) is 3.12. The summed E-state index contributed by atoms with van der Waals surface area (Å²) in [6.07, 6.45) is 0. The molecule has 1 aromatic rings. The monoisotopic (exact) mass is 258 g/mol. The first-order chi connectivity index (χ1) is 8.91. The Morgan fingerprint density at radius 3 is 1.89 bits per heavy atom. The van der Waals surface area contributed by atoms with Crippen molar-refractivity contribution in [3.63, 3.8) is 0 Å². The second-order valence-electron chi connectivity index (χ2n) is 6.12. The van der Waals surface area contributed by atoms with Crippen molar-refractivity contribution in [3.05, 3.63) is 35.9 Å². The van der Waals surface area contributed by atoms with Crippen molar-refractivity contribution >= 4 is 12.7 Å². The fourth-order valence-electron chi connectivity index (χ4n) is 2.28. The lowest BCUT2D eigenvalue weighted by Crippen LogP contribution is -2.34. The second-order valence-corrected chi connectivity index (χ2v) is 6.12. The Morgan fingerprint density at radius 1 is 0.947 bits per heavy atom. The summed E-state index contributed by atoms with van der Waals surface area (Å²) in [6.45, 7) is 13.6. The summed E-state index contributed by atoms with van der Waals surface area (Å²) in [4.78, 5) is 4.99. The van der Waals surface area contributed by atoms with Crippen molar-refractivity contribution < 1.29 is 0 Å². The number of rotatable bonds is 5. The first-order valence-electron chi connectivity index (χ1n) is 7.31. The van der Waals surface area contributed by atoms with Crippen LogP contribution in [0.3, 0.4) is 0 Å². The molecule has 0 aromatic heterocycles. The zero-order valence-corrected chi connectivity index (χ0v) is 13.1. The molecule has 0 saturated heterocycles. The zero-order valence-electron chi connectivity index (χ0n) is 13.1. The van der Waals surface area contributed by atoms with E-state index in [1.807, 2.05) is 6.07 Å². The summed E-state index contributed by atoms with van der Waals surface area (Å²) in [5, 5.41) is 3.49. The van der Waals surface area contributed by atoms with Crippen molar-refractivity contribution in [1.29, 1.82) is 0 Å². The molecule has 0 fully saturated rings. The SMILES string of the molecule is CC(C)NC(=NB(C(C)C)C(C)C)c1ccccc1. The molecule has 0 heterocycles. The molecular formula is C16H27BN2. The van der Waals surface area contributed by atoms with Crippen LogP contribution in [0.15, 0.2) is 35.2 Å². The van der Waals surface area contributed by atoms with Crippen molar-refractivity contribution in [3.8, 4) is 0 Å². The summed E-state index contributed by atoms with van der Waals surface area (Å²) in [5.74, 6) is 2.11. The zero-order chi connectivity index (χ0) is 14.4. The van der Waals surface area contributed by atoms with Gasteiger partial charge in [-0.05, 0) is 25.5 Å². The lowest BCUT2D eigenvalue weighted by molar-refractivity contribution is 0.733. The van der Waals surface area contributed by atoms with Crippen LogP contribution < -0.4 is 5.32 Å². The summed E-state index contributed by atoms with van der Waals surface area (Å²) >= 11 is 0. The van der Waals surface area contributed by atoms with E-state index in [0.717, 1.165) is 5.84 Å². The van der Waals surface area contributed by atoms with Crippen LogP contribution in [-0.2, 0) is 0 Å². The Labute approximate surface area is 118 Å². The van der Waals surface area contributed by atoms with Gasteiger partial charge in [-0.1, -0.05) is 58.0 Å². The predicted octanol–water partition coefficient (Wildman–Crippen LogP) is 4.24. The lowest BCUT2D eigenvalue weighted by atomic mass is 9.45. The van der Waals surface area contributed by atoms with Gasteiger partial charge in [-0.2, -0.15) is 0 Å². The van der Waals surface area contributed by atoms with Crippen LogP contribution in [0.25, 0.3) is 0 Å². The first kappa shape index (κ1) is 15.8. The molecule has 0 aliphatic heterocycles. The minimum absolute atomic E-state index is 0.349. The van der Waals surface area contributed by atoms with Gasteiger partial charge in [-0.25, -0.2) is 0 Å². The van der Waals surface area contributed by atoms with Crippen LogP contribution in [-0.4, -0.2) is 18.7 Å². The summed E-state index contributed by atoms with van der Waals surface area (Å²) in [7, 11) is 0. The van der Waals surface area contributed by atoms with Gasteiger partial charge in [0.1, 0.15) is 5.84 Å². The highest BCUT2D eigenvalue weighted by atomic mass is 15.0. The highest BCUT2D eigenvalue weighted by molar-refractivity contribution is 6.61. The molecule has 104 valence electrons. The second kappa shape index (κ2) is 7.37. The molecule has 19 heavy (non-hydrogen) atoms. The molecule has 0 spiro atoms. The van der Waals surface area contributed by atoms with Crippen LogP contribution in [0.2, 0.25) is 11.6 Å². The predicted molar refractivity (Wildman–Crippen MR) is 87.2 cm³/mol. The van der Waals surface area contributed by atoms with E-state index in [-0.39, 0.29) is 0 Å². The van der Waals surface area contributed by atoms with E-state index in [1.165, 1.54) is 5.56 Å². The van der Waals surface area contributed by atoms with E-state index in [0.29, 0.717) is 24.5 Å². The van der Waals surface area contributed by atoms with Crippen molar-refractivity contribution in [2.45, 2.75) is 59.2 Å². The van der Waals surface area contributed by atoms with Gasteiger partial charge in [-0.15, -0.1) is 0 Å². The van der Waals surface area contributed by atoms with Gasteiger partial charge in [0, 0.05) is 11.6 Å². The molecule has 0 bridgehead atoms. The number of hydrogen-bond acceptors (Lipinski definition) is 1. The van der Waals surface area contributed by atoms with Crippen LogP contribution >= 0.6 is 0 Å². The molecule has 2 nitrogen and oxygen atoms in total. The molecule has 0 unspecified atom stereocenters. The fraction of sp³-hybridized carbons (Fsp3) is 0.562. The molecule has 0 amide bonds. The van der Waals surface area contributed by atoms with Gasteiger partial charge < -0.3 is 10.2 Å². The third-order valence-electron chi connectivity index (χ3n) is 3.12. The topological polar surface area (TPSA) is 24.4 Å². The van der Waals surface area contributed by atoms with Gasteiger partial charge in [-0.3, -0.25) is 0 Å². The first-order valence-corrected chi connectivity index (χ1v) is 7.31. The van der Waals surface area contributed by atoms with E-state index in [2.05, 4.69) is 71.1 Å². The smallest absolute Gasteiger partial charge is 0.287 e. The maximum absolute atomic E-state index is 4.99. The van der Waals surface area contributed by atoms with Crippen molar-refractivity contribution in [1.82, 2.24) is 5.32 Å². The molecule has 0 atom stereocenters. The van der Waals surface area contributed by atoms with E-state index in [4.69, 9.17) is 4.90 Å². The van der Waals surface area contributed by atoms with Crippen molar-refractivity contribution in [2.24, 2.45) is 4.90 Å². The molecule has 3 heteroatoms. The minimum Gasteiger partial charge on any atom is -0.369 e. The van der Waals surface area contributed by atoms with Gasteiger partial charge in [0.15, 0.2) is 0 Å². The summed E-state index contributed by atoms with van der Waals surface area (Å²) in [6, 6.07) is 10.8. The molecule has 0 aliphatic rings. The van der Waals surface area contributed by atoms with Gasteiger partial charge in [0.05, 0.1) is 0 Å². The third kappa shape index (κ3) is 5.10. The Balaban J connectivity index is 3.09. The Morgan fingerprint density at radius 2 is 1.47 bits per heavy atom. The largest absolute Gasteiger partial charge is 0.369 e. The average Bonchev–Trinajstić information content (AvgIpc) is 2.34. The van der Waals surface area contributed by atoms with Crippen LogP contribution in [0.4, 0.5) is 0 Å². The summed E-state index contributed by atoms with van der Waals surface area (Å²) < 4.78 is 0. The van der Waals surface area contributed by atoms with Crippen molar-refractivity contribution in [2.75, 3.05) is 0 Å². The van der Waals surface area contributed by atoms with Gasteiger partial charge >= 0.3 is 0 Å². The van der Waals surface area contributed by atoms with Gasteiger partial charge in [0.25, 0.3) is 6.85 Å². The highest BCUT2D eigenvalue weighted by Crippen LogP contribution is 2.21. The maximum atomic E-state index is 4.99. The van der Waals surface area contributed by atoms with Crippen LogP contribution in [0.5, 0.6) is 0 Å². The minimum atomic E-state index is 0.349. The lowest BCUT2D eigenvalue weighted by Gasteiger charge is -2.21. The molecule has 0 saturated carbocycles. The number of benzene rings is 1. The molecule has 1 N–H and O–H groups in total. The van der Waals surface area contributed by atoms with Gasteiger partial charge in [0.2, 0.25) is 0 Å². The molecule has 0 radical (unpaired) electrons. The Kier molecular flexibility index (Phi) is 6.13. The van der Waals surface area contributed by atoms with Crippen LogP contribution in [0, 0.1) is 0 Å². The average molecular weight is 258 g/mol. The highest BCUT2D eigenvalue weighted by Gasteiger charge is 2.23. The number of nitrogens with zero attached hydrogens (tertiary/aromatic N) is 1. The Bertz CT molecular complexity index is 388. The van der Waals surface area contributed by atoms with E-state index < -0.39 is 0 Å². The quantitative estimate of drug-likeness (QED) is 0.476.